The third-order valence-corrected chi connectivity index (χ3v) is 9.44. The Balaban J connectivity index is 1.34. The van der Waals surface area contributed by atoms with Gasteiger partial charge in [0.2, 0.25) is 0 Å². The van der Waals surface area contributed by atoms with E-state index in [4.69, 9.17) is 4.74 Å². The van der Waals surface area contributed by atoms with Crippen molar-refractivity contribution in [1.29, 1.82) is 0 Å². The lowest BCUT2D eigenvalue weighted by atomic mass is 9.72. The van der Waals surface area contributed by atoms with Crippen molar-refractivity contribution in [3.05, 3.63) is 82.2 Å². The van der Waals surface area contributed by atoms with Gasteiger partial charge in [-0.2, -0.15) is 13.2 Å². The third-order valence-electron chi connectivity index (χ3n) is 7.79. The zero-order valence-corrected chi connectivity index (χ0v) is 25.6. The molecule has 5 rings (SSSR count). The maximum atomic E-state index is 13.5. The summed E-state index contributed by atoms with van der Waals surface area (Å²) in [7, 11) is -3.82. The van der Waals surface area contributed by atoms with E-state index in [1.54, 1.807) is 32.9 Å². The Bertz CT molecular complexity index is 1740. The number of halogens is 3. The smallest absolute Gasteiger partial charge is 0.416 e. The van der Waals surface area contributed by atoms with Crippen LogP contribution in [0.2, 0.25) is 0 Å². The summed E-state index contributed by atoms with van der Waals surface area (Å²) in [5.41, 5.74) is -1.77. The molecule has 2 saturated heterocycles. The second kappa shape index (κ2) is 11.6. The monoisotopic (exact) mass is 647 g/mol. The van der Waals surface area contributed by atoms with Crippen molar-refractivity contribution in [2.75, 3.05) is 31.9 Å². The van der Waals surface area contributed by atoms with Crippen molar-refractivity contribution in [3.63, 3.8) is 0 Å². The summed E-state index contributed by atoms with van der Waals surface area (Å²) >= 11 is 0. The highest BCUT2D eigenvalue weighted by molar-refractivity contribution is 7.90. The summed E-state index contributed by atoms with van der Waals surface area (Å²) in [6, 6.07) is 9.14. The van der Waals surface area contributed by atoms with E-state index in [9.17, 15) is 36.0 Å². The Morgan fingerprint density at radius 3 is 2.31 bits per heavy atom. The minimum absolute atomic E-state index is 0.000797. The van der Waals surface area contributed by atoms with Crippen LogP contribution < -0.4 is 5.56 Å². The number of aromatic amines is 1. The van der Waals surface area contributed by atoms with Crippen LogP contribution in [0.3, 0.4) is 0 Å². The van der Waals surface area contributed by atoms with Gasteiger partial charge in [0.05, 0.1) is 34.7 Å². The van der Waals surface area contributed by atoms with Gasteiger partial charge in [-0.15, -0.1) is 0 Å². The van der Waals surface area contributed by atoms with Crippen LogP contribution in [0.4, 0.5) is 18.0 Å². The lowest BCUT2D eigenvalue weighted by Gasteiger charge is -2.50. The summed E-state index contributed by atoms with van der Waals surface area (Å²) in [5.74, 6) is -1.75. The first-order valence-electron chi connectivity index (χ1n) is 14.1. The quantitative estimate of drug-likeness (QED) is 0.426. The topological polar surface area (TPSA) is 143 Å². The maximum absolute atomic E-state index is 13.5. The molecule has 4 heterocycles. The van der Waals surface area contributed by atoms with Crippen LogP contribution in [0.15, 0.2) is 59.7 Å². The average molecular weight is 648 g/mol. The molecule has 2 aliphatic heterocycles. The van der Waals surface area contributed by atoms with E-state index in [0.29, 0.717) is 11.3 Å². The maximum Gasteiger partial charge on any atom is 0.416 e. The molecule has 1 aromatic carbocycles. The fourth-order valence-electron chi connectivity index (χ4n) is 5.71. The number of nitrogens with zero attached hydrogens (tertiary/aromatic N) is 4. The largest absolute Gasteiger partial charge is 0.444 e. The number of carbonyl (C=O) groups is 2. The number of amides is 2. The predicted octanol–water partition coefficient (Wildman–Crippen LogP) is 3.77. The molecule has 0 saturated carbocycles. The summed E-state index contributed by atoms with van der Waals surface area (Å²) in [4.78, 5) is 51.0. The highest BCUT2D eigenvalue weighted by Gasteiger charge is 2.57. The fraction of sp³-hybridized carbons (Fsp3) is 0.433. The molecule has 0 radical (unpaired) electrons. The number of rotatable bonds is 6. The van der Waals surface area contributed by atoms with Crippen LogP contribution >= 0.6 is 0 Å². The lowest BCUT2D eigenvalue weighted by Crippen LogP contribution is -2.63. The number of hydrogen-bond acceptors (Lipinski definition) is 8. The first kappa shape index (κ1) is 32.1. The molecule has 0 bridgehead atoms. The minimum atomic E-state index is -4.49. The molecule has 0 aliphatic carbocycles. The lowest BCUT2D eigenvalue weighted by molar-refractivity contribution is -0.137. The Morgan fingerprint density at radius 2 is 1.71 bits per heavy atom. The molecule has 1 atom stereocenters. The minimum Gasteiger partial charge on any atom is -0.444 e. The molecule has 3 aromatic rings. The molecular formula is C30H32F3N5O6S. The summed E-state index contributed by atoms with van der Waals surface area (Å²) < 4.78 is 71.5. The first-order valence-corrected chi connectivity index (χ1v) is 15.9. The number of hydrogen-bond donors (Lipinski definition) is 1. The summed E-state index contributed by atoms with van der Waals surface area (Å²) in [5, 5.41) is 0. The van der Waals surface area contributed by atoms with E-state index in [1.165, 1.54) is 34.2 Å². The normalized spacial score (nSPS) is 18.1. The van der Waals surface area contributed by atoms with E-state index in [2.05, 4.69) is 15.0 Å². The molecular weight excluding hydrogens is 615 g/mol. The number of aromatic nitrogens is 3. The van der Waals surface area contributed by atoms with Gasteiger partial charge in [0.15, 0.2) is 9.84 Å². The van der Waals surface area contributed by atoms with Gasteiger partial charge in [-0.25, -0.2) is 18.2 Å². The van der Waals surface area contributed by atoms with E-state index >= 15 is 0 Å². The van der Waals surface area contributed by atoms with Gasteiger partial charge >= 0.3 is 12.3 Å². The standard InChI is InChI=1S/C30H32F3N5O6S/c1-28(2,3)44-27(41)38-17-29(18-38)16-37(26(40)24-11-35-25(39)12-34-24)13-21(29)14-45(42,43)15-22-5-4-6-23(36-22)19-7-9-20(10-8-19)30(31,32)33/h4-12,21H,13-18H2,1-3H3,(H,35,39). The number of carbonyl (C=O) groups excluding carboxylic acids is 2. The van der Waals surface area contributed by atoms with Crippen LogP contribution in [-0.4, -0.2) is 82.7 Å². The molecule has 2 amide bonds. The van der Waals surface area contributed by atoms with E-state index in [-0.39, 0.29) is 43.3 Å². The molecule has 15 heteroatoms. The Morgan fingerprint density at radius 1 is 1.04 bits per heavy atom. The van der Waals surface area contributed by atoms with Crippen molar-refractivity contribution in [3.8, 4) is 11.3 Å². The number of sulfone groups is 1. The second-order valence-corrected chi connectivity index (χ2v) is 14.6. The molecule has 1 N–H and O–H groups in total. The van der Waals surface area contributed by atoms with Crippen LogP contribution in [-0.2, 0) is 26.5 Å². The molecule has 2 fully saturated rings. The molecule has 1 unspecified atom stereocenters. The van der Waals surface area contributed by atoms with E-state index in [0.717, 1.165) is 18.3 Å². The van der Waals surface area contributed by atoms with Crippen LogP contribution in [0, 0.1) is 11.3 Å². The van der Waals surface area contributed by atoms with Crippen molar-refractivity contribution in [2.45, 2.75) is 38.3 Å². The predicted molar refractivity (Wildman–Crippen MR) is 157 cm³/mol. The molecule has 11 nitrogen and oxygen atoms in total. The number of nitrogens with one attached hydrogen (secondary N) is 1. The van der Waals surface area contributed by atoms with Crippen molar-refractivity contribution in [2.24, 2.45) is 11.3 Å². The molecule has 1 spiro atoms. The van der Waals surface area contributed by atoms with E-state index < -0.39 is 61.8 Å². The Hall–Kier alpha value is -4.27. The highest BCUT2D eigenvalue weighted by atomic mass is 32.2. The first-order chi connectivity index (χ1) is 20.9. The number of likely N-dealkylation sites (tertiary alicyclic amines) is 2. The molecule has 240 valence electrons. The van der Waals surface area contributed by atoms with Gasteiger partial charge in [-0.05, 0) is 45.0 Å². The van der Waals surface area contributed by atoms with Crippen LogP contribution in [0.5, 0.6) is 0 Å². The van der Waals surface area contributed by atoms with Gasteiger partial charge < -0.3 is 19.5 Å². The highest BCUT2D eigenvalue weighted by Crippen LogP contribution is 2.45. The van der Waals surface area contributed by atoms with E-state index in [1.807, 2.05) is 0 Å². The van der Waals surface area contributed by atoms with Gasteiger partial charge in [-0.3, -0.25) is 14.6 Å². The van der Waals surface area contributed by atoms with Gasteiger partial charge in [0, 0.05) is 49.3 Å². The van der Waals surface area contributed by atoms with Crippen LogP contribution in [0.25, 0.3) is 11.3 Å². The SMILES string of the molecule is CC(C)(C)OC(=O)N1CC2(C1)CN(C(=O)c1c[nH]c(=O)cn1)CC2CS(=O)(=O)Cc1cccc(-c2ccc(C(F)(F)F)cc2)n1. The summed E-state index contributed by atoms with van der Waals surface area (Å²) in [6.07, 6.45) is -2.84. The number of ether oxygens (including phenoxy) is 1. The zero-order chi connectivity index (χ0) is 32.8. The second-order valence-electron chi connectivity index (χ2n) is 12.5. The van der Waals surface area contributed by atoms with Crippen molar-refractivity contribution < 1.29 is 35.9 Å². The van der Waals surface area contributed by atoms with Crippen molar-refractivity contribution in [1.82, 2.24) is 24.8 Å². The number of benzene rings is 1. The zero-order valence-electron chi connectivity index (χ0n) is 24.8. The van der Waals surface area contributed by atoms with Crippen molar-refractivity contribution >= 4 is 21.8 Å². The number of pyridine rings is 1. The number of alkyl halides is 3. The van der Waals surface area contributed by atoms with Gasteiger partial charge in [0.1, 0.15) is 11.3 Å². The van der Waals surface area contributed by atoms with Gasteiger partial charge in [0.25, 0.3) is 11.5 Å². The van der Waals surface area contributed by atoms with Crippen LogP contribution in [0.1, 0.15) is 42.5 Å². The Labute approximate surface area is 257 Å². The average Bonchev–Trinajstić information content (AvgIpc) is 3.29. The molecule has 2 aliphatic rings. The van der Waals surface area contributed by atoms with Gasteiger partial charge in [-0.1, -0.05) is 18.2 Å². The molecule has 45 heavy (non-hydrogen) atoms. The summed E-state index contributed by atoms with van der Waals surface area (Å²) in [6.45, 7) is 5.85. The third kappa shape index (κ3) is 7.35. The number of H-pyrrole nitrogens is 1. The molecule has 2 aromatic heterocycles. The fourth-order valence-corrected chi connectivity index (χ4v) is 7.51. The Kier molecular flexibility index (Phi) is 8.27.